The molecule has 1 amide bonds. The van der Waals surface area contributed by atoms with E-state index >= 15 is 0 Å². The van der Waals surface area contributed by atoms with Gasteiger partial charge in [0.05, 0.1) is 0 Å². The molecule has 0 saturated carbocycles. The Bertz CT molecular complexity index is 220. The second-order valence-corrected chi connectivity index (χ2v) is 3.35. The van der Waals surface area contributed by atoms with Gasteiger partial charge in [0.15, 0.2) is 5.54 Å². The van der Waals surface area contributed by atoms with Gasteiger partial charge in [-0.1, -0.05) is 0 Å². The second kappa shape index (κ2) is 2.87. The highest BCUT2D eigenvalue weighted by Crippen LogP contribution is 2.30. The van der Waals surface area contributed by atoms with Crippen LogP contribution in [-0.2, 0) is 4.79 Å². The first-order valence-corrected chi connectivity index (χ1v) is 3.92. The van der Waals surface area contributed by atoms with E-state index in [2.05, 4.69) is 0 Å². The van der Waals surface area contributed by atoms with Crippen molar-refractivity contribution in [1.82, 2.24) is 4.90 Å². The fourth-order valence-corrected chi connectivity index (χ4v) is 0.969. The molecule has 1 fully saturated rings. The van der Waals surface area contributed by atoms with Gasteiger partial charge in [-0.15, -0.1) is 0 Å². The molecule has 0 radical (unpaired) electrons. The molecule has 13 heavy (non-hydrogen) atoms. The molecular formula is C7H11F3N2O. The van der Waals surface area contributed by atoms with Crippen LogP contribution in [0.1, 0.15) is 13.3 Å². The van der Waals surface area contributed by atoms with Crippen LogP contribution in [0.3, 0.4) is 0 Å². The van der Waals surface area contributed by atoms with Crippen molar-refractivity contribution in [3.8, 4) is 0 Å². The fraction of sp³-hybridized carbons (Fsp3) is 0.857. The molecule has 0 aliphatic carbocycles. The number of nitrogens with zero attached hydrogens (tertiary/aromatic N) is 1. The van der Waals surface area contributed by atoms with Crippen LogP contribution in [0.25, 0.3) is 0 Å². The van der Waals surface area contributed by atoms with E-state index in [-0.39, 0.29) is 0 Å². The van der Waals surface area contributed by atoms with Gasteiger partial charge in [0.2, 0.25) is 0 Å². The molecule has 1 aliphatic heterocycles. The Morgan fingerprint density at radius 3 is 2.08 bits per heavy atom. The number of nitrogens with two attached hydrogens (primary N) is 1. The summed E-state index contributed by atoms with van der Waals surface area (Å²) in [4.78, 5) is 12.3. The summed E-state index contributed by atoms with van der Waals surface area (Å²) in [6.45, 7) is 1.46. The van der Waals surface area contributed by atoms with E-state index in [1.165, 1.54) is 0 Å². The van der Waals surface area contributed by atoms with Gasteiger partial charge in [0.1, 0.15) is 0 Å². The normalized spacial score (nSPS) is 22.1. The highest BCUT2D eigenvalue weighted by Gasteiger charge is 2.55. The zero-order chi connectivity index (χ0) is 10.3. The van der Waals surface area contributed by atoms with E-state index < -0.39 is 17.6 Å². The Hall–Kier alpha value is -0.780. The highest BCUT2D eigenvalue weighted by atomic mass is 19.4. The zero-order valence-corrected chi connectivity index (χ0v) is 7.19. The van der Waals surface area contributed by atoms with Crippen LogP contribution in [-0.4, -0.2) is 35.6 Å². The Morgan fingerprint density at radius 1 is 1.38 bits per heavy atom. The first kappa shape index (κ1) is 10.3. The van der Waals surface area contributed by atoms with Crippen molar-refractivity contribution < 1.29 is 18.0 Å². The number of hydrogen-bond acceptors (Lipinski definition) is 2. The van der Waals surface area contributed by atoms with Crippen LogP contribution in [0.15, 0.2) is 0 Å². The Morgan fingerprint density at radius 2 is 1.85 bits per heavy atom. The topological polar surface area (TPSA) is 46.3 Å². The Balaban J connectivity index is 2.73. The summed E-state index contributed by atoms with van der Waals surface area (Å²) in [5.41, 5.74) is 2.19. The van der Waals surface area contributed by atoms with Gasteiger partial charge in [0, 0.05) is 13.1 Å². The lowest BCUT2D eigenvalue weighted by Crippen LogP contribution is -2.64. The predicted molar refractivity (Wildman–Crippen MR) is 39.8 cm³/mol. The smallest absolute Gasteiger partial charge is 0.341 e. The number of carbonyl (C=O) groups is 1. The number of hydrogen-bond donors (Lipinski definition) is 1. The van der Waals surface area contributed by atoms with Crippen molar-refractivity contribution in [3.63, 3.8) is 0 Å². The van der Waals surface area contributed by atoms with Crippen LogP contribution in [0.4, 0.5) is 13.2 Å². The summed E-state index contributed by atoms with van der Waals surface area (Å²) < 4.78 is 36.7. The molecule has 0 aromatic carbocycles. The molecule has 0 bridgehead atoms. The minimum Gasteiger partial charge on any atom is -0.341 e. The van der Waals surface area contributed by atoms with E-state index in [1.54, 1.807) is 0 Å². The van der Waals surface area contributed by atoms with Crippen molar-refractivity contribution in [2.75, 3.05) is 13.1 Å². The molecule has 1 saturated heterocycles. The molecule has 1 rings (SSSR count). The number of likely N-dealkylation sites (tertiary alicyclic amines) is 1. The van der Waals surface area contributed by atoms with Crippen LogP contribution >= 0.6 is 0 Å². The third kappa shape index (κ3) is 1.63. The standard InChI is InChI=1S/C7H11F3N2O/c1-6(11,7(8,9)10)5(13)12-3-2-4-12/h2-4,11H2,1H3. The van der Waals surface area contributed by atoms with E-state index in [9.17, 15) is 18.0 Å². The minimum atomic E-state index is -4.68. The van der Waals surface area contributed by atoms with Gasteiger partial charge in [-0.2, -0.15) is 13.2 Å². The van der Waals surface area contributed by atoms with Gasteiger partial charge in [-0.05, 0) is 13.3 Å². The zero-order valence-electron chi connectivity index (χ0n) is 7.19. The molecule has 1 aliphatic rings. The third-order valence-electron chi connectivity index (χ3n) is 2.18. The van der Waals surface area contributed by atoms with Crippen molar-refractivity contribution in [3.05, 3.63) is 0 Å². The maximum atomic E-state index is 12.2. The summed E-state index contributed by atoms with van der Waals surface area (Å²) in [5.74, 6) is -1.04. The number of rotatable bonds is 1. The number of amides is 1. The first-order chi connectivity index (χ1) is 5.77. The molecule has 0 aromatic rings. The van der Waals surface area contributed by atoms with Crippen LogP contribution in [0, 0.1) is 0 Å². The Labute approximate surface area is 73.7 Å². The summed E-state index contributed by atoms with van der Waals surface area (Å²) in [6, 6.07) is 0. The number of alkyl halides is 3. The average Bonchev–Trinajstić information content (AvgIpc) is 1.80. The quantitative estimate of drug-likeness (QED) is 0.663. The lowest BCUT2D eigenvalue weighted by Gasteiger charge is -2.37. The van der Waals surface area contributed by atoms with E-state index in [0.29, 0.717) is 20.0 Å². The molecule has 1 atom stereocenters. The van der Waals surface area contributed by atoms with Gasteiger partial charge in [-0.3, -0.25) is 4.79 Å². The van der Waals surface area contributed by atoms with Gasteiger partial charge in [-0.25, -0.2) is 0 Å². The van der Waals surface area contributed by atoms with Crippen molar-refractivity contribution >= 4 is 5.91 Å². The van der Waals surface area contributed by atoms with Crippen molar-refractivity contribution in [1.29, 1.82) is 0 Å². The molecule has 1 unspecified atom stereocenters. The SMILES string of the molecule is CC(N)(C(=O)N1CCC1)C(F)(F)F. The summed E-state index contributed by atoms with van der Waals surface area (Å²) in [5, 5.41) is 0. The minimum absolute atomic E-state index is 0.377. The summed E-state index contributed by atoms with van der Waals surface area (Å²) in [6.07, 6.45) is -3.93. The molecule has 1 heterocycles. The van der Waals surface area contributed by atoms with E-state index in [1.807, 2.05) is 0 Å². The van der Waals surface area contributed by atoms with E-state index in [0.717, 1.165) is 11.3 Å². The maximum Gasteiger partial charge on any atom is 0.415 e. The van der Waals surface area contributed by atoms with Crippen LogP contribution in [0.5, 0.6) is 0 Å². The Kier molecular flexibility index (Phi) is 2.27. The van der Waals surface area contributed by atoms with Crippen LogP contribution in [0.2, 0.25) is 0 Å². The van der Waals surface area contributed by atoms with Gasteiger partial charge in [0.25, 0.3) is 5.91 Å². The molecule has 0 aromatic heterocycles. The van der Waals surface area contributed by atoms with Crippen LogP contribution < -0.4 is 5.73 Å². The molecule has 0 spiro atoms. The lowest BCUT2D eigenvalue weighted by molar-refractivity contribution is -0.195. The molecule has 6 heteroatoms. The fourth-order valence-electron chi connectivity index (χ4n) is 0.969. The number of carbonyl (C=O) groups excluding carboxylic acids is 1. The number of halogens is 3. The largest absolute Gasteiger partial charge is 0.415 e. The third-order valence-corrected chi connectivity index (χ3v) is 2.18. The first-order valence-electron chi connectivity index (χ1n) is 3.92. The predicted octanol–water partition coefficient (Wildman–Crippen LogP) is 0.498. The summed E-state index contributed by atoms with van der Waals surface area (Å²) in [7, 11) is 0. The maximum absolute atomic E-state index is 12.2. The summed E-state index contributed by atoms with van der Waals surface area (Å²) >= 11 is 0. The molecule has 76 valence electrons. The molecule has 3 nitrogen and oxygen atoms in total. The van der Waals surface area contributed by atoms with Gasteiger partial charge < -0.3 is 10.6 Å². The van der Waals surface area contributed by atoms with E-state index in [4.69, 9.17) is 5.73 Å². The average molecular weight is 196 g/mol. The second-order valence-electron chi connectivity index (χ2n) is 3.35. The molecule has 2 N–H and O–H groups in total. The molecular weight excluding hydrogens is 185 g/mol. The monoisotopic (exact) mass is 196 g/mol. The van der Waals surface area contributed by atoms with Crippen molar-refractivity contribution in [2.45, 2.75) is 25.1 Å². The lowest BCUT2D eigenvalue weighted by atomic mass is 9.99. The van der Waals surface area contributed by atoms with Crippen molar-refractivity contribution in [2.24, 2.45) is 5.73 Å². The highest BCUT2D eigenvalue weighted by molar-refractivity contribution is 5.87. The van der Waals surface area contributed by atoms with Gasteiger partial charge >= 0.3 is 6.18 Å².